The van der Waals surface area contributed by atoms with Crippen LogP contribution in [0.2, 0.25) is 0 Å². The zero-order chi connectivity index (χ0) is 16.7. The van der Waals surface area contributed by atoms with Gasteiger partial charge in [0.15, 0.2) is 5.96 Å². The van der Waals surface area contributed by atoms with Crippen molar-refractivity contribution in [3.05, 3.63) is 42.1 Å². The van der Waals surface area contributed by atoms with Gasteiger partial charge in [0.05, 0.1) is 6.54 Å². The van der Waals surface area contributed by atoms with Gasteiger partial charge in [-0.05, 0) is 31.4 Å². The Kier molecular flexibility index (Phi) is 6.14. The van der Waals surface area contributed by atoms with Gasteiger partial charge in [-0.3, -0.25) is 4.57 Å². The molecule has 0 unspecified atom stereocenters. The summed E-state index contributed by atoms with van der Waals surface area (Å²) in [5, 5.41) is 6.59. The molecule has 0 saturated carbocycles. The van der Waals surface area contributed by atoms with Crippen molar-refractivity contribution < 1.29 is 0 Å². The Morgan fingerprint density at radius 3 is 2.65 bits per heavy atom. The number of guanidine groups is 1. The Labute approximate surface area is 138 Å². The Hall–Kier alpha value is -2.37. The number of aromatic nitrogens is 3. The Balaban J connectivity index is 2.01. The summed E-state index contributed by atoms with van der Waals surface area (Å²) in [4.78, 5) is 13.3. The van der Waals surface area contributed by atoms with Gasteiger partial charge in [-0.25, -0.2) is 15.0 Å². The third kappa shape index (κ3) is 5.09. The fraction of sp³-hybridized carbons (Fsp3) is 0.471. The maximum Gasteiger partial charge on any atom is 0.191 e. The number of nitrogens with one attached hydrogen (secondary N) is 2. The summed E-state index contributed by atoms with van der Waals surface area (Å²) in [7, 11) is 0. The van der Waals surface area contributed by atoms with E-state index in [9.17, 15) is 0 Å². The first kappa shape index (κ1) is 17.0. The van der Waals surface area contributed by atoms with E-state index < -0.39 is 0 Å². The van der Waals surface area contributed by atoms with Gasteiger partial charge in [0, 0.05) is 31.7 Å². The van der Waals surface area contributed by atoms with Crippen LogP contribution in [-0.4, -0.2) is 33.6 Å². The molecule has 0 bridgehead atoms. The van der Waals surface area contributed by atoms with Crippen LogP contribution in [0.1, 0.15) is 32.2 Å². The zero-order valence-electron chi connectivity index (χ0n) is 14.4. The molecule has 2 aromatic heterocycles. The molecule has 0 spiro atoms. The van der Waals surface area contributed by atoms with Crippen LogP contribution >= 0.6 is 0 Å². The summed E-state index contributed by atoms with van der Waals surface area (Å²) in [6.07, 6.45) is 5.55. The molecule has 0 radical (unpaired) electrons. The van der Waals surface area contributed by atoms with E-state index in [1.54, 1.807) is 6.20 Å². The molecule has 0 aliphatic carbocycles. The number of aliphatic imine (C=N–C) groups is 1. The molecule has 6 heteroatoms. The Bertz CT molecular complexity index is 627. The molecule has 0 amide bonds. The van der Waals surface area contributed by atoms with E-state index in [-0.39, 0.29) is 0 Å². The number of rotatable bonds is 6. The van der Waals surface area contributed by atoms with E-state index in [0.717, 1.165) is 36.3 Å². The second kappa shape index (κ2) is 8.31. The second-order valence-electron chi connectivity index (χ2n) is 5.84. The van der Waals surface area contributed by atoms with Crippen LogP contribution in [0.15, 0.2) is 35.7 Å². The van der Waals surface area contributed by atoms with E-state index in [1.165, 1.54) is 0 Å². The molecule has 124 valence electrons. The van der Waals surface area contributed by atoms with Crippen molar-refractivity contribution in [1.29, 1.82) is 0 Å². The maximum absolute atomic E-state index is 4.60. The van der Waals surface area contributed by atoms with Gasteiger partial charge in [-0.15, -0.1) is 0 Å². The van der Waals surface area contributed by atoms with Gasteiger partial charge >= 0.3 is 0 Å². The summed E-state index contributed by atoms with van der Waals surface area (Å²) in [5.74, 6) is 3.22. The van der Waals surface area contributed by atoms with Crippen molar-refractivity contribution in [3.8, 4) is 5.82 Å². The van der Waals surface area contributed by atoms with Crippen molar-refractivity contribution in [2.24, 2.45) is 10.9 Å². The minimum absolute atomic E-state index is 0.582. The third-order valence-corrected chi connectivity index (χ3v) is 3.32. The highest BCUT2D eigenvalue weighted by Crippen LogP contribution is 2.09. The lowest BCUT2D eigenvalue weighted by molar-refractivity contribution is 0.615. The summed E-state index contributed by atoms with van der Waals surface area (Å²) in [6.45, 7) is 10.7. The Morgan fingerprint density at radius 2 is 2.09 bits per heavy atom. The first-order valence-corrected chi connectivity index (χ1v) is 8.07. The lowest BCUT2D eigenvalue weighted by Crippen LogP contribution is -2.39. The molecule has 2 aromatic rings. The summed E-state index contributed by atoms with van der Waals surface area (Å²) in [5.41, 5.74) is 1.08. The van der Waals surface area contributed by atoms with E-state index in [1.807, 2.05) is 30.0 Å². The lowest BCUT2D eigenvalue weighted by atomic mass is 10.2. The molecule has 0 aliphatic heterocycles. The largest absolute Gasteiger partial charge is 0.357 e. The summed E-state index contributed by atoms with van der Waals surface area (Å²) >= 11 is 0. The van der Waals surface area contributed by atoms with Gasteiger partial charge in [0.1, 0.15) is 11.6 Å². The highest BCUT2D eigenvalue weighted by Gasteiger charge is 2.03. The SMILES string of the molecule is CCNC(=NCc1ccc(-n2ccnc2C)nc1)NCC(C)C. The number of hydrogen-bond acceptors (Lipinski definition) is 3. The number of imidazole rings is 1. The molecule has 23 heavy (non-hydrogen) atoms. The van der Waals surface area contributed by atoms with Crippen molar-refractivity contribution in [2.75, 3.05) is 13.1 Å². The van der Waals surface area contributed by atoms with Crippen LogP contribution in [0.25, 0.3) is 5.82 Å². The predicted molar refractivity (Wildman–Crippen MR) is 93.8 cm³/mol. The molecule has 2 heterocycles. The van der Waals surface area contributed by atoms with E-state index in [2.05, 4.69) is 52.4 Å². The van der Waals surface area contributed by atoms with Crippen LogP contribution in [0, 0.1) is 12.8 Å². The van der Waals surface area contributed by atoms with Crippen LogP contribution in [-0.2, 0) is 6.54 Å². The fourth-order valence-corrected chi connectivity index (χ4v) is 2.09. The zero-order valence-corrected chi connectivity index (χ0v) is 14.4. The average molecular weight is 314 g/mol. The number of aryl methyl sites for hydroxylation is 1. The van der Waals surface area contributed by atoms with Gasteiger partial charge in [-0.2, -0.15) is 0 Å². The van der Waals surface area contributed by atoms with Crippen LogP contribution in [0.5, 0.6) is 0 Å². The van der Waals surface area contributed by atoms with E-state index in [4.69, 9.17) is 0 Å². The first-order valence-electron chi connectivity index (χ1n) is 8.07. The average Bonchev–Trinajstić information content (AvgIpc) is 2.96. The molecule has 2 N–H and O–H groups in total. The molecule has 2 rings (SSSR count). The fourth-order valence-electron chi connectivity index (χ4n) is 2.09. The summed E-state index contributed by atoms with van der Waals surface area (Å²) < 4.78 is 1.96. The van der Waals surface area contributed by atoms with Gasteiger partial charge < -0.3 is 10.6 Å². The second-order valence-corrected chi connectivity index (χ2v) is 5.84. The highest BCUT2D eigenvalue weighted by atomic mass is 15.2. The van der Waals surface area contributed by atoms with Crippen LogP contribution < -0.4 is 10.6 Å². The highest BCUT2D eigenvalue weighted by molar-refractivity contribution is 5.79. The maximum atomic E-state index is 4.60. The van der Waals surface area contributed by atoms with Crippen molar-refractivity contribution in [3.63, 3.8) is 0 Å². The quantitative estimate of drug-likeness (QED) is 0.634. The van der Waals surface area contributed by atoms with Gasteiger partial charge in [0.2, 0.25) is 0 Å². The molecule has 0 fully saturated rings. The number of pyridine rings is 1. The molecule has 6 nitrogen and oxygen atoms in total. The third-order valence-electron chi connectivity index (χ3n) is 3.32. The standard InChI is InChI=1S/C17H26N6/c1-5-18-17(21-10-13(2)3)22-12-15-6-7-16(20-11-15)23-9-8-19-14(23)4/h6-9,11,13H,5,10,12H2,1-4H3,(H2,18,21,22). The van der Waals surface area contributed by atoms with Crippen LogP contribution in [0.4, 0.5) is 0 Å². The number of nitrogens with zero attached hydrogens (tertiary/aromatic N) is 4. The smallest absolute Gasteiger partial charge is 0.191 e. The topological polar surface area (TPSA) is 67.1 Å². The molecule has 0 atom stereocenters. The predicted octanol–water partition coefficient (Wildman–Crippen LogP) is 2.29. The minimum atomic E-state index is 0.582. The Morgan fingerprint density at radius 1 is 1.26 bits per heavy atom. The summed E-state index contributed by atoms with van der Waals surface area (Å²) in [6, 6.07) is 4.05. The molecular formula is C17H26N6. The van der Waals surface area contributed by atoms with Gasteiger partial charge in [0.25, 0.3) is 0 Å². The lowest BCUT2D eigenvalue weighted by Gasteiger charge is -2.13. The molecule has 0 saturated heterocycles. The van der Waals surface area contributed by atoms with Crippen molar-refractivity contribution >= 4 is 5.96 Å². The number of hydrogen-bond donors (Lipinski definition) is 2. The van der Waals surface area contributed by atoms with E-state index in [0.29, 0.717) is 12.5 Å². The molecule has 0 aliphatic rings. The van der Waals surface area contributed by atoms with Gasteiger partial charge in [-0.1, -0.05) is 19.9 Å². The van der Waals surface area contributed by atoms with E-state index >= 15 is 0 Å². The van der Waals surface area contributed by atoms with Crippen molar-refractivity contribution in [2.45, 2.75) is 34.2 Å². The minimum Gasteiger partial charge on any atom is -0.357 e. The molecular weight excluding hydrogens is 288 g/mol. The van der Waals surface area contributed by atoms with Crippen molar-refractivity contribution in [1.82, 2.24) is 25.2 Å². The monoisotopic (exact) mass is 314 g/mol. The van der Waals surface area contributed by atoms with Crippen LogP contribution in [0.3, 0.4) is 0 Å². The normalized spacial score (nSPS) is 11.8. The molecule has 0 aromatic carbocycles. The first-order chi connectivity index (χ1) is 11.1.